The maximum atomic E-state index is 12.3. The van der Waals surface area contributed by atoms with Crippen molar-refractivity contribution in [3.05, 3.63) is 108 Å². The molecule has 0 bridgehead atoms. The van der Waals surface area contributed by atoms with Crippen LogP contribution in [0.25, 0.3) is 0 Å². The molecule has 1 saturated carbocycles. The number of carbonyl (C=O) groups excluding carboxylic acids is 1. The Morgan fingerprint density at radius 2 is 1.79 bits per heavy atom. The third kappa shape index (κ3) is 6.02. The van der Waals surface area contributed by atoms with Gasteiger partial charge in [-0.05, 0) is 56.5 Å². The van der Waals surface area contributed by atoms with E-state index in [-0.39, 0.29) is 23.8 Å². The van der Waals surface area contributed by atoms with Crippen molar-refractivity contribution in [2.75, 3.05) is 6.54 Å². The molecule has 0 unspecified atom stereocenters. The van der Waals surface area contributed by atoms with Crippen LogP contribution >= 0.6 is 0 Å². The second kappa shape index (κ2) is 11.6. The predicted molar refractivity (Wildman–Crippen MR) is 151 cm³/mol. The Morgan fingerprint density at radius 3 is 2.54 bits per heavy atom. The van der Waals surface area contributed by atoms with Crippen LogP contribution < -0.4 is 14.8 Å². The summed E-state index contributed by atoms with van der Waals surface area (Å²) in [6.45, 7) is 4.28. The molecule has 1 aliphatic carbocycles. The van der Waals surface area contributed by atoms with Gasteiger partial charge in [0.1, 0.15) is 29.3 Å². The van der Waals surface area contributed by atoms with E-state index >= 15 is 0 Å². The van der Waals surface area contributed by atoms with Gasteiger partial charge in [0.15, 0.2) is 0 Å². The maximum absolute atomic E-state index is 12.3. The Labute approximate surface area is 230 Å². The topological polar surface area (TPSA) is 88.0 Å². The molecular weight excluding hydrogens is 490 g/mol. The Morgan fingerprint density at radius 1 is 1.08 bits per heavy atom. The van der Waals surface area contributed by atoms with Crippen LogP contribution in [0, 0.1) is 5.92 Å². The SMILES string of the molecule is CC(C)(Oc1ccccc1)[C@H](O)/C=C/[C@@H]1[C@H]2c3cccc(CCCNC(=O)c4ccccc4)c3O[C@H]2C[C@H]1O. The van der Waals surface area contributed by atoms with E-state index in [1.54, 1.807) is 6.08 Å². The van der Waals surface area contributed by atoms with Crippen molar-refractivity contribution in [1.82, 2.24) is 5.32 Å². The van der Waals surface area contributed by atoms with Crippen molar-refractivity contribution in [3.8, 4) is 11.5 Å². The molecule has 1 fully saturated rings. The van der Waals surface area contributed by atoms with E-state index in [9.17, 15) is 15.0 Å². The molecule has 5 rings (SSSR count). The fraction of sp³-hybridized carbons (Fsp3) is 0.364. The highest BCUT2D eigenvalue weighted by Gasteiger charge is 2.49. The van der Waals surface area contributed by atoms with Crippen LogP contribution in [-0.2, 0) is 6.42 Å². The van der Waals surface area contributed by atoms with Crippen LogP contribution in [0.4, 0.5) is 0 Å². The molecule has 3 aromatic carbocycles. The highest BCUT2D eigenvalue weighted by atomic mass is 16.5. The van der Waals surface area contributed by atoms with E-state index in [0.29, 0.717) is 24.3 Å². The van der Waals surface area contributed by atoms with Crippen LogP contribution in [0.2, 0.25) is 0 Å². The smallest absolute Gasteiger partial charge is 0.251 e. The quantitative estimate of drug-likeness (QED) is 0.254. The monoisotopic (exact) mass is 527 g/mol. The molecule has 204 valence electrons. The van der Waals surface area contributed by atoms with Gasteiger partial charge in [-0.15, -0.1) is 0 Å². The van der Waals surface area contributed by atoms with Gasteiger partial charge in [-0.3, -0.25) is 4.79 Å². The summed E-state index contributed by atoms with van der Waals surface area (Å²) in [4.78, 5) is 12.3. The number of hydrogen-bond acceptors (Lipinski definition) is 5. The summed E-state index contributed by atoms with van der Waals surface area (Å²) in [5, 5.41) is 24.8. The van der Waals surface area contributed by atoms with Crippen LogP contribution in [0.15, 0.2) is 91.0 Å². The molecular formula is C33H37NO5. The van der Waals surface area contributed by atoms with Crippen LogP contribution in [0.5, 0.6) is 11.5 Å². The Bertz CT molecular complexity index is 1290. The first kappa shape index (κ1) is 27.0. The molecule has 3 N–H and O–H groups in total. The number of aliphatic hydroxyl groups is 2. The van der Waals surface area contributed by atoms with Crippen molar-refractivity contribution >= 4 is 5.91 Å². The molecule has 6 nitrogen and oxygen atoms in total. The minimum atomic E-state index is -0.858. The first-order valence-electron chi connectivity index (χ1n) is 13.7. The lowest BCUT2D eigenvalue weighted by Gasteiger charge is -2.30. The molecule has 2 aliphatic rings. The van der Waals surface area contributed by atoms with Crippen LogP contribution in [-0.4, -0.2) is 46.6 Å². The van der Waals surface area contributed by atoms with Crippen LogP contribution in [0.3, 0.4) is 0 Å². The lowest BCUT2D eigenvalue weighted by molar-refractivity contribution is -0.00221. The second-order valence-corrected chi connectivity index (χ2v) is 11.0. The van der Waals surface area contributed by atoms with Crippen molar-refractivity contribution < 1.29 is 24.5 Å². The van der Waals surface area contributed by atoms with Gasteiger partial charge in [0.05, 0.1) is 6.10 Å². The van der Waals surface area contributed by atoms with E-state index in [2.05, 4.69) is 17.4 Å². The Balaban J connectivity index is 1.22. The zero-order valence-electron chi connectivity index (χ0n) is 22.5. The van der Waals surface area contributed by atoms with Crippen molar-refractivity contribution in [3.63, 3.8) is 0 Å². The number of amides is 1. The fourth-order valence-corrected chi connectivity index (χ4v) is 5.66. The average Bonchev–Trinajstić information content (AvgIpc) is 3.45. The van der Waals surface area contributed by atoms with Crippen molar-refractivity contribution in [2.24, 2.45) is 5.92 Å². The van der Waals surface area contributed by atoms with E-state index in [0.717, 1.165) is 29.7 Å². The van der Waals surface area contributed by atoms with Gasteiger partial charge in [-0.2, -0.15) is 0 Å². The summed E-state index contributed by atoms with van der Waals surface area (Å²) >= 11 is 0. The summed E-state index contributed by atoms with van der Waals surface area (Å²) in [6.07, 6.45) is 4.29. The van der Waals surface area contributed by atoms with Gasteiger partial charge in [-0.1, -0.05) is 66.7 Å². The molecule has 5 atom stereocenters. The van der Waals surface area contributed by atoms with Gasteiger partial charge >= 0.3 is 0 Å². The van der Waals surface area contributed by atoms with E-state index in [4.69, 9.17) is 9.47 Å². The first-order chi connectivity index (χ1) is 18.8. The Hall–Kier alpha value is -3.61. The van der Waals surface area contributed by atoms with E-state index in [1.807, 2.05) is 86.7 Å². The second-order valence-electron chi connectivity index (χ2n) is 11.0. The molecule has 3 aromatic rings. The van der Waals surface area contributed by atoms with E-state index < -0.39 is 17.8 Å². The predicted octanol–water partition coefficient (Wildman–Crippen LogP) is 5.05. The highest BCUT2D eigenvalue weighted by Crippen LogP contribution is 2.52. The highest BCUT2D eigenvalue weighted by molar-refractivity contribution is 5.94. The number of fused-ring (bicyclic) bond motifs is 3. The third-order valence-electron chi connectivity index (χ3n) is 7.79. The zero-order chi connectivity index (χ0) is 27.4. The lowest BCUT2D eigenvalue weighted by atomic mass is 9.86. The Kier molecular flexibility index (Phi) is 8.05. The summed E-state index contributed by atoms with van der Waals surface area (Å²) in [5.74, 6) is 1.39. The fourth-order valence-electron chi connectivity index (χ4n) is 5.66. The number of para-hydroxylation sites is 2. The van der Waals surface area contributed by atoms with Gasteiger partial charge < -0.3 is 25.0 Å². The molecule has 1 amide bonds. The normalized spacial score (nSPS) is 22.7. The summed E-state index contributed by atoms with van der Waals surface area (Å²) < 4.78 is 12.4. The zero-order valence-corrected chi connectivity index (χ0v) is 22.5. The molecule has 0 saturated heterocycles. The van der Waals surface area contributed by atoms with Gasteiger partial charge in [-0.25, -0.2) is 0 Å². The number of hydrogen-bond donors (Lipinski definition) is 3. The van der Waals surface area contributed by atoms with Crippen molar-refractivity contribution in [1.29, 1.82) is 0 Å². The number of ether oxygens (including phenoxy) is 2. The largest absolute Gasteiger partial charge is 0.489 e. The van der Waals surface area contributed by atoms with Gasteiger partial charge in [0.2, 0.25) is 0 Å². The molecule has 0 aromatic heterocycles. The summed E-state index contributed by atoms with van der Waals surface area (Å²) in [5.41, 5.74) is 2.04. The minimum Gasteiger partial charge on any atom is -0.489 e. The third-order valence-corrected chi connectivity index (χ3v) is 7.79. The molecule has 1 heterocycles. The molecule has 0 spiro atoms. The minimum absolute atomic E-state index is 0.0225. The number of aryl methyl sites for hydroxylation is 1. The molecule has 6 heteroatoms. The van der Waals surface area contributed by atoms with Crippen molar-refractivity contribution in [2.45, 2.75) is 62.9 Å². The van der Waals surface area contributed by atoms with Gasteiger partial charge in [0.25, 0.3) is 5.91 Å². The number of rotatable bonds is 10. The number of aliphatic hydroxyl groups excluding tert-OH is 2. The number of carbonyl (C=O) groups is 1. The van der Waals surface area contributed by atoms with Gasteiger partial charge in [0, 0.05) is 35.9 Å². The standard InChI is InChI=1S/C33H37NO5/c1-33(2,39-24-15-7-4-8-16-24)29(36)19-18-25-27(35)21-28-30(25)26-17-9-13-22(31(26)38-28)14-10-20-34-32(37)23-11-5-3-6-12-23/h3-9,11-13,15-19,25,27-30,35-36H,10,14,20-21H2,1-2H3,(H,34,37)/b19-18+/t25-,27+,28-,29+,30-/m0/s1. The van der Waals surface area contributed by atoms with E-state index in [1.165, 1.54) is 0 Å². The summed E-state index contributed by atoms with van der Waals surface area (Å²) in [6, 6.07) is 24.9. The lowest BCUT2D eigenvalue weighted by Crippen LogP contribution is -2.41. The molecule has 1 aliphatic heterocycles. The molecule has 0 radical (unpaired) electrons. The summed E-state index contributed by atoms with van der Waals surface area (Å²) in [7, 11) is 0. The number of benzene rings is 3. The first-order valence-corrected chi connectivity index (χ1v) is 13.7. The average molecular weight is 528 g/mol. The maximum Gasteiger partial charge on any atom is 0.251 e. The number of nitrogens with one attached hydrogen (secondary N) is 1. The molecule has 39 heavy (non-hydrogen) atoms. The van der Waals surface area contributed by atoms with Crippen LogP contribution in [0.1, 0.15) is 54.1 Å².